The number of nitrogens with zero attached hydrogens (tertiary/aromatic N) is 1. The molecule has 2 heterocycles. The fraction of sp³-hybridized carbons (Fsp3) is 0.562. The molecule has 0 bridgehead atoms. The second kappa shape index (κ2) is 6.10. The van der Waals surface area contributed by atoms with Crippen LogP contribution in [0.4, 0.5) is 0 Å². The summed E-state index contributed by atoms with van der Waals surface area (Å²) in [5.74, 6) is 1.71. The van der Waals surface area contributed by atoms with Crippen LogP contribution < -0.4 is 5.32 Å². The van der Waals surface area contributed by atoms with Gasteiger partial charge in [0.15, 0.2) is 0 Å². The molecule has 0 spiro atoms. The van der Waals surface area contributed by atoms with Crippen molar-refractivity contribution in [3.63, 3.8) is 0 Å². The molecule has 0 aliphatic heterocycles. The van der Waals surface area contributed by atoms with Gasteiger partial charge in [0.05, 0.1) is 16.8 Å². The number of rotatable bonds is 4. The minimum Gasteiger partial charge on any atom is -0.310 e. The Kier molecular flexibility index (Phi) is 4.22. The van der Waals surface area contributed by atoms with Crippen LogP contribution >= 0.6 is 11.3 Å². The molecule has 3 rings (SSSR count). The van der Waals surface area contributed by atoms with E-state index in [9.17, 15) is 0 Å². The monoisotopic (exact) mass is 289 g/mol. The van der Waals surface area contributed by atoms with Gasteiger partial charge in [-0.3, -0.25) is 5.10 Å². The van der Waals surface area contributed by atoms with Crippen molar-refractivity contribution < 1.29 is 0 Å². The molecule has 3 nitrogen and oxygen atoms in total. The maximum absolute atomic E-state index is 4.21. The van der Waals surface area contributed by atoms with Gasteiger partial charge >= 0.3 is 0 Å². The molecule has 2 N–H and O–H groups in total. The van der Waals surface area contributed by atoms with Gasteiger partial charge in [0.1, 0.15) is 0 Å². The van der Waals surface area contributed by atoms with Crippen LogP contribution in [0.15, 0.2) is 23.7 Å². The zero-order valence-electron chi connectivity index (χ0n) is 12.2. The third kappa shape index (κ3) is 2.96. The quantitative estimate of drug-likeness (QED) is 0.891. The number of nitrogens with one attached hydrogen (secondary N) is 2. The van der Waals surface area contributed by atoms with Crippen molar-refractivity contribution in [2.45, 2.75) is 45.7 Å². The first kappa shape index (κ1) is 13.8. The smallest absolute Gasteiger partial charge is 0.0794 e. The Labute approximate surface area is 124 Å². The molecule has 2 aromatic heterocycles. The molecule has 4 heteroatoms. The van der Waals surface area contributed by atoms with Crippen LogP contribution in [0.2, 0.25) is 0 Å². The minimum absolute atomic E-state index is 0.660. The largest absolute Gasteiger partial charge is 0.310 e. The van der Waals surface area contributed by atoms with E-state index in [2.05, 4.69) is 46.9 Å². The fourth-order valence-corrected chi connectivity index (χ4v) is 3.82. The molecule has 1 aliphatic rings. The normalized spacial score (nSPS) is 26.8. The highest BCUT2D eigenvalue weighted by Gasteiger charge is 2.24. The van der Waals surface area contributed by atoms with Gasteiger partial charge in [-0.25, -0.2) is 0 Å². The lowest BCUT2D eigenvalue weighted by Crippen LogP contribution is -2.35. The van der Waals surface area contributed by atoms with Crippen LogP contribution in [0.3, 0.4) is 0 Å². The van der Waals surface area contributed by atoms with Gasteiger partial charge in [-0.2, -0.15) is 5.10 Å². The van der Waals surface area contributed by atoms with Crippen LogP contribution in [0.5, 0.6) is 0 Å². The Balaban J connectivity index is 1.61. The SMILES string of the molecule is CC1CCC(NCc2cn[nH]c2-c2cccs2)CC1C. The molecule has 3 atom stereocenters. The Hall–Kier alpha value is -1.13. The second-order valence-corrected chi connectivity index (χ2v) is 7.04. The standard InChI is InChI=1S/C16H23N3S/c1-11-5-6-14(8-12(11)2)17-9-13-10-18-19-16(13)15-4-3-7-20-15/h3-4,7,10-12,14,17H,5-6,8-9H2,1-2H3,(H,18,19). The molecule has 0 amide bonds. The second-order valence-electron chi connectivity index (χ2n) is 6.09. The molecule has 1 saturated carbocycles. The summed E-state index contributed by atoms with van der Waals surface area (Å²) in [4.78, 5) is 1.27. The average molecular weight is 289 g/mol. The van der Waals surface area contributed by atoms with Gasteiger partial charge in [0, 0.05) is 18.2 Å². The molecule has 2 aromatic rings. The average Bonchev–Trinajstić information content (AvgIpc) is 3.09. The van der Waals surface area contributed by atoms with E-state index in [1.54, 1.807) is 11.3 Å². The third-order valence-corrected chi connectivity index (χ3v) is 5.55. The van der Waals surface area contributed by atoms with Crippen molar-refractivity contribution in [1.29, 1.82) is 0 Å². The Morgan fingerprint density at radius 2 is 2.25 bits per heavy atom. The van der Waals surface area contributed by atoms with E-state index in [1.807, 2.05) is 6.20 Å². The van der Waals surface area contributed by atoms with Gasteiger partial charge in [-0.1, -0.05) is 19.9 Å². The number of thiophene rings is 1. The number of H-pyrrole nitrogens is 1. The molecular formula is C16H23N3S. The highest BCUT2D eigenvalue weighted by Crippen LogP contribution is 2.30. The highest BCUT2D eigenvalue weighted by atomic mass is 32.1. The first-order chi connectivity index (χ1) is 9.74. The van der Waals surface area contributed by atoms with Crippen molar-refractivity contribution in [3.05, 3.63) is 29.3 Å². The van der Waals surface area contributed by atoms with Gasteiger partial charge < -0.3 is 5.32 Å². The van der Waals surface area contributed by atoms with Crippen molar-refractivity contribution >= 4 is 11.3 Å². The predicted octanol–water partition coefficient (Wildman–Crippen LogP) is 4.05. The Morgan fingerprint density at radius 1 is 1.35 bits per heavy atom. The molecule has 20 heavy (non-hydrogen) atoms. The Bertz CT molecular complexity index is 532. The van der Waals surface area contributed by atoms with E-state index in [1.165, 1.54) is 35.4 Å². The summed E-state index contributed by atoms with van der Waals surface area (Å²) in [5.41, 5.74) is 2.45. The first-order valence-electron chi connectivity index (χ1n) is 7.53. The molecule has 1 aliphatic carbocycles. The maximum atomic E-state index is 4.21. The number of aromatic nitrogens is 2. The van der Waals surface area contributed by atoms with Crippen LogP contribution in [0.1, 0.15) is 38.7 Å². The van der Waals surface area contributed by atoms with Crippen LogP contribution in [-0.4, -0.2) is 16.2 Å². The number of aromatic amines is 1. The summed E-state index contributed by atoms with van der Waals surface area (Å²) < 4.78 is 0. The lowest BCUT2D eigenvalue weighted by molar-refractivity contribution is 0.225. The van der Waals surface area contributed by atoms with Crippen molar-refractivity contribution in [2.24, 2.45) is 11.8 Å². The summed E-state index contributed by atoms with van der Waals surface area (Å²) in [5, 5.41) is 13.2. The van der Waals surface area contributed by atoms with Gasteiger partial charge in [-0.05, 0) is 42.5 Å². The minimum atomic E-state index is 0.660. The predicted molar refractivity (Wildman–Crippen MR) is 84.7 cm³/mol. The van der Waals surface area contributed by atoms with E-state index in [0.29, 0.717) is 6.04 Å². The van der Waals surface area contributed by atoms with Crippen LogP contribution in [-0.2, 0) is 6.54 Å². The van der Waals surface area contributed by atoms with Gasteiger partial charge in [-0.15, -0.1) is 11.3 Å². The molecule has 1 fully saturated rings. The lowest BCUT2D eigenvalue weighted by Gasteiger charge is -2.32. The number of hydrogen-bond donors (Lipinski definition) is 2. The maximum Gasteiger partial charge on any atom is 0.0794 e. The molecule has 0 aromatic carbocycles. The summed E-state index contributed by atoms with van der Waals surface area (Å²) in [6.07, 6.45) is 5.91. The van der Waals surface area contributed by atoms with Gasteiger partial charge in [0.2, 0.25) is 0 Å². The van der Waals surface area contributed by atoms with Crippen LogP contribution in [0.25, 0.3) is 10.6 Å². The molecule has 0 saturated heterocycles. The fourth-order valence-electron chi connectivity index (χ4n) is 3.07. The van der Waals surface area contributed by atoms with Crippen molar-refractivity contribution in [2.75, 3.05) is 0 Å². The molecule has 108 valence electrons. The topological polar surface area (TPSA) is 40.7 Å². The van der Waals surface area contributed by atoms with E-state index in [4.69, 9.17) is 0 Å². The summed E-state index contributed by atoms with van der Waals surface area (Å²) >= 11 is 1.76. The van der Waals surface area contributed by atoms with Crippen molar-refractivity contribution in [1.82, 2.24) is 15.5 Å². The van der Waals surface area contributed by atoms with E-state index >= 15 is 0 Å². The summed E-state index contributed by atoms with van der Waals surface area (Å²) in [6.45, 7) is 5.68. The first-order valence-corrected chi connectivity index (χ1v) is 8.41. The molecular weight excluding hydrogens is 266 g/mol. The highest BCUT2D eigenvalue weighted by molar-refractivity contribution is 7.13. The van der Waals surface area contributed by atoms with E-state index in [-0.39, 0.29) is 0 Å². The summed E-state index contributed by atoms with van der Waals surface area (Å²) in [6, 6.07) is 4.89. The van der Waals surface area contributed by atoms with Gasteiger partial charge in [0.25, 0.3) is 0 Å². The molecule has 0 radical (unpaired) electrons. The Morgan fingerprint density at radius 3 is 3.00 bits per heavy atom. The third-order valence-electron chi connectivity index (χ3n) is 4.66. The van der Waals surface area contributed by atoms with Crippen molar-refractivity contribution in [3.8, 4) is 10.6 Å². The summed E-state index contributed by atoms with van der Waals surface area (Å²) in [7, 11) is 0. The van der Waals surface area contributed by atoms with E-state index in [0.717, 1.165) is 18.4 Å². The zero-order valence-corrected chi connectivity index (χ0v) is 13.0. The van der Waals surface area contributed by atoms with Crippen LogP contribution in [0, 0.1) is 11.8 Å². The zero-order chi connectivity index (χ0) is 13.9. The molecule has 3 unspecified atom stereocenters. The number of hydrogen-bond acceptors (Lipinski definition) is 3. The lowest BCUT2D eigenvalue weighted by atomic mass is 9.79. The van der Waals surface area contributed by atoms with E-state index < -0.39 is 0 Å².